The predicted molar refractivity (Wildman–Crippen MR) is 145 cm³/mol. The molecule has 3 heterocycles. The van der Waals surface area contributed by atoms with Crippen LogP contribution in [0.3, 0.4) is 0 Å². The van der Waals surface area contributed by atoms with Crippen molar-refractivity contribution >= 4 is 28.6 Å². The Morgan fingerprint density at radius 1 is 1.11 bits per heavy atom. The summed E-state index contributed by atoms with van der Waals surface area (Å²) in [7, 11) is 0. The number of amides is 1. The second-order valence-corrected chi connectivity index (χ2v) is 9.36. The second-order valence-electron chi connectivity index (χ2n) is 9.36. The highest BCUT2D eigenvalue weighted by Gasteiger charge is 2.29. The SMILES string of the molecule is CCOc1ccccc1NC(=O)C1CCCN(c2nc3cccnc3n(Cc3ccc(C)cc3)c2=O)C1. The highest BCUT2D eigenvalue weighted by molar-refractivity contribution is 5.94. The third-order valence-electron chi connectivity index (χ3n) is 6.68. The Bertz CT molecular complexity index is 1460. The third-order valence-corrected chi connectivity index (χ3v) is 6.68. The maximum absolute atomic E-state index is 13.7. The number of carbonyl (C=O) groups excluding carboxylic acids is 1. The predicted octanol–water partition coefficient (Wildman–Crippen LogP) is 4.40. The normalized spacial score (nSPS) is 15.5. The van der Waals surface area contributed by atoms with E-state index in [1.54, 1.807) is 10.8 Å². The number of aromatic nitrogens is 3. The Hall–Kier alpha value is -4.20. The molecule has 190 valence electrons. The first-order valence-corrected chi connectivity index (χ1v) is 12.7. The number of hydrogen-bond acceptors (Lipinski definition) is 6. The molecule has 1 atom stereocenters. The summed E-state index contributed by atoms with van der Waals surface area (Å²) in [5.74, 6) is 0.646. The van der Waals surface area contributed by atoms with Crippen molar-refractivity contribution in [2.45, 2.75) is 33.2 Å². The largest absolute Gasteiger partial charge is 0.492 e. The van der Waals surface area contributed by atoms with Gasteiger partial charge in [0.05, 0.1) is 24.8 Å². The van der Waals surface area contributed by atoms with E-state index < -0.39 is 0 Å². The molecule has 4 aromatic rings. The van der Waals surface area contributed by atoms with Gasteiger partial charge in [0.15, 0.2) is 11.5 Å². The van der Waals surface area contributed by atoms with Gasteiger partial charge in [-0.2, -0.15) is 0 Å². The minimum atomic E-state index is -0.278. The first-order chi connectivity index (χ1) is 18.0. The molecule has 1 saturated heterocycles. The molecule has 1 aliphatic rings. The average Bonchev–Trinajstić information content (AvgIpc) is 2.92. The zero-order valence-corrected chi connectivity index (χ0v) is 21.2. The van der Waals surface area contributed by atoms with Crippen LogP contribution < -0.4 is 20.5 Å². The Kier molecular flexibility index (Phi) is 7.16. The number of nitrogens with zero attached hydrogens (tertiary/aromatic N) is 4. The molecule has 0 saturated carbocycles. The van der Waals surface area contributed by atoms with Crippen LogP contribution in [0.15, 0.2) is 71.7 Å². The van der Waals surface area contributed by atoms with E-state index >= 15 is 0 Å². The Morgan fingerprint density at radius 2 is 1.92 bits per heavy atom. The number of hydrogen-bond donors (Lipinski definition) is 1. The summed E-state index contributed by atoms with van der Waals surface area (Å²) in [5.41, 5.74) is 3.84. The lowest BCUT2D eigenvalue weighted by molar-refractivity contribution is -0.120. The van der Waals surface area contributed by atoms with E-state index in [1.165, 1.54) is 0 Å². The highest BCUT2D eigenvalue weighted by atomic mass is 16.5. The quantitative estimate of drug-likeness (QED) is 0.407. The van der Waals surface area contributed by atoms with Crippen molar-refractivity contribution in [3.8, 4) is 5.75 Å². The van der Waals surface area contributed by atoms with Crippen molar-refractivity contribution in [3.05, 3.63) is 88.3 Å². The first-order valence-electron chi connectivity index (χ1n) is 12.7. The number of benzene rings is 2. The molecule has 0 bridgehead atoms. The van der Waals surface area contributed by atoms with Gasteiger partial charge in [-0.25, -0.2) is 9.97 Å². The molecule has 37 heavy (non-hydrogen) atoms. The number of carbonyl (C=O) groups is 1. The number of fused-ring (bicyclic) bond motifs is 1. The van der Waals surface area contributed by atoms with Crippen LogP contribution in [0.25, 0.3) is 11.2 Å². The van der Waals surface area contributed by atoms with E-state index in [2.05, 4.69) is 10.3 Å². The van der Waals surface area contributed by atoms with Crippen molar-refractivity contribution in [2.24, 2.45) is 5.92 Å². The van der Waals surface area contributed by atoms with Gasteiger partial charge in [-0.3, -0.25) is 14.2 Å². The molecule has 1 aliphatic heterocycles. The maximum Gasteiger partial charge on any atom is 0.295 e. The van der Waals surface area contributed by atoms with Gasteiger partial charge in [-0.1, -0.05) is 42.0 Å². The van der Waals surface area contributed by atoms with Crippen molar-refractivity contribution in [1.29, 1.82) is 0 Å². The summed E-state index contributed by atoms with van der Waals surface area (Å²) in [6, 6.07) is 19.2. The maximum atomic E-state index is 13.7. The highest BCUT2D eigenvalue weighted by Crippen LogP contribution is 2.27. The molecule has 8 heteroatoms. The molecular weight excluding hydrogens is 466 g/mol. The molecule has 0 radical (unpaired) electrons. The van der Waals surface area contributed by atoms with Gasteiger partial charge in [-0.15, -0.1) is 0 Å². The van der Waals surface area contributed by atoms with Crippen molar-refractivity contribution in [1.82, 2.24) is 14.5 Å². The second kappa shape index (κ2) is 10.8. The van der Waals surface area contributed by atoms with Crippen molar-refractivity contribution in [2.75, 3.05) is 29.9 Å². The van der Waals surface area contributed by atoms with Crippen LogP contribution in [0.2, 0.25) is 0 Å². The Labute approximate surface area is 215 Å². The number of nitrogens with one attached hydrogen (secondary N) is 1. The van der Waals surface area contributed by atoms with Crippen LogP contribution in [0.4, 0.5) is 11.5 Å². The van der Waals surface area contributed by atoms with Crippen LogP contribution in [-0.4, -0.2) is 40.1 Å². The number of ether oxygens (including phenoxy) is 1. The minimum absolute atomic E-state index is 0.0840. The van der Waals surface area contributed by atoms with Crippen LogP contribution in [-0.2, 0) is 11.3 Å². The standard InChI is InChI=1S/C29H31N5O3/c1-3-37-25-11-5-4-9-23(25)32-28(35)22-8-7-17-33(19-22)27-29(36)34(18-21-14-12-20(2)13-15-21)26-24(31-27)10-6-16-30-26/h4-6,9-16,22H,3,7-8,17-19H2,1-2H3,(H,32,35). The number of anilines is 2. The van der Waals surface area contributed by atoms with Gasteiger partial charge < -0.3 is 15.0 Å². The molecule has 0 spiro atoms. The van der Waals surface area contributed by atoms with Gasteiger partial charge in [0.2, 0.25) is 5.91 Å². The monoisotopic (exact) mass is 497 g/mol. The molecule has 1 N–H and O–H groups in total. The molecule has 8 nitrogen and oxygen atoms in total. The molecule has 2 aromatic heterocycles. The molecule has 1 unspecified atom stereocenters. The lowest BCUT2D eigenvalue weighted by atomic mass is 9.97. The van der Waals surface area contributed by atoms with E-state index in [1.807, 2.05) is 79.4 Å². The summed E-state index contributed by atoms with van der Waals surface area (Å²) < 4.78 is 7.34. The number of para-hydroxylation sites is 2. The fourth-order valence-corrected chi connectivity index (χ4v) is 4.76. The van der Waals surface area contributed by atoms with Gasteiger partial charge in [0.1, 0.15) is 11.3 Å². The molecule has 0 aliphatic carbocycles. The number of aryl methyl sites for hydroxylation is 1. The molecule has 5 rings (SSSR count). The molecule has 1 fully saturated rings. The van der Waals surface area contributed by atoms with E-state index in [9.17, 15) is 9.59 Å². The zero-order chi connectivity index (χ0) is 25.8. The van der Waals surface area contributed by atoms with Gasteiger partial charge in [-0.05, 0) is 56.5 Å². The van der Waals surface area contributed by atoms with Crippen molar-refractivity contribution < 1.29 is 9.53 Å². The zero-order valence-electron chi connectivity index (χ0n) is 21.2. The number of pyridine rings is 1. The third kappa shape index (κ3) is 5.33. The van der Waals surface area contributed by atoms with Crippen molar-refractivity contribution in [3.63, 3.8) is 0 Å². The average molecular weight is 498 g/mol. The van der Waals surface area contributed by atoms with Gasteiger partial charge in [0, 0.05) is 19.3 Å². The van der Waals surface area contributed by atoms with Crippen LogP contribution in [0.5, 0.6) is 5.75 Å². The summed E-state index contributed by atoms with van der Waals surface area (Å²) in [4.78, 5) is 38.1. The summed E-state index contributed by atoms with van der Waals surface area (Å²) >= 11 is 0. The molecule has 1 amide bonds. The Morgan fingerprint density at radius 3 is 2.73 bits per heavy atom. The van der Waals surface area contributed by atoms with Gasteiger partial charge >= 0.3 is 0 Å². The summed E-state index contributed by atoms with van der Waals surface area (Å²) in [6.07, 6.45) is 3.21. The summed E-state index contributed by atoms with van der Waals surface area (Å²) in [6.45, 7) is 5.94. The lowest BCUT2D eigenvalue weighted by Crippen LogP contribution is -2.44. The molecular formula is C29H31N5O3. The van der Waals surface area contributed by atoms with Crippen LogP contribution >= 0.6 is 0 Å². The van der Waals surface area contributed by atoms with Crippen LogP contribution in [0.1, 0.15) is 30.9 Å². The van der Waals surface area contributed by atoms with E-state index in [0.717, 1.165) is 24.0 Å². The fourth-order valence-electron chi connectivity index (χ4n) is 4.76. The lowest BCUT2D eigenvalue weighted by Gasteiger charge is -2.32. The summed E-state index contributed by atoms with van der Waals surface area (Å²) in [5, 5.41) is 3.03. The number of piperidine rings is 1. The van der Waals surface area contributed by atoms with Gasteiger partial charge in [0.25, 0.3) is 5.56 Å². The topological polar surface area (TPSA) is 89.3 Å². The smallest absolute Gasteiger partial charge is 0.295 e. The number of rotatable bonds is 7. The fraction of sp³-hybridized carbons (Fsp3) is 0.310. The van der Waals surface area contributed by atoms with Crippen LogP contribution in [0, 0.1) is 12.8 Å². The van der Waals surface area contributed by atoms with E-state index in [0.29, 0.717) is 54.7 Å². The molecule has 2 aromatic carbocycles. The minimum Gasteiger partial charge on any atom is -0.492 e. The first kappa shape index (κ1) is 24.5. The Balaban J connectivity index is 1.43. The van der Waals surface area contributed by atoms with E-state index in [4.69, 9.17) is 9.72 Å². The van der Waals surface area contributed by atoms with E-state index in [-0.39, 0.29) is 17.4 Å².